The third kappa shape index (κ3) is 3.28. The first-order chi connectivity index (χ1) is 9.18. The Labute approximate surface area is 119 Å². The van der Waals surface area contributed by atoms with Crippen molar-refractivity contribution in [3.05, 3.63) is 34.9 Å². The highest BCUT2D eigenvalue weighted by Crippen LogP contribution is 2.41. The van der Waals surface area contributed by atoms with Crippen LogP contribution >= 0.6 is 11.6 Å². The van der Waals surface area contributed by atoms with Crippen LogP contribution in [0.5, 0.6) is 0 Å². The van der Waals surface area contributed by atoms with Gasteiger partial charge in [0.1, 0.15) is 0 Å². The summed E-state index contributed by atoms with van der Waals surface area (Å²) in [4.78, 5) is 12.2. The quantitative estimate of drug-likeness (QED) is 0.871. The standard InChI is InChI=1S/C15H20ClNO2/c1-19-11-15(8-4-9-15)14(18)17-10-7-12-5-2-3-6-13(12)16/h2-3,5-6H,4,7-11H2,1H3,(H,17,18). The minimum Gasteiger partial charge on any atom is -0.384 e. The van der Waals surface area contributed by atoms with Gasteiger partial charge in [0.25, 0.3) is 0 Å². The molecule has 1 aromatic rings. The Kier molecular flexibility index (Phi) is 4.83. The molecule has 0 aliphatic heterocycles. The molecule has 0 atom stereocenters. The Morgan fingerprint density at radius 2 is 2.16 bits per heavy atom. The molecule has 1 amide bonds. The molecule has 1 saturated carbocycles. The van der Waals surface area contributed by atoms with E-state index in [0.717, 1.165) is 36.3 Å². The molecule has 3 nitrogen and oxygen atoms in total. The van der Waals surface area contributed by atoms with Crippen LogP contribution in [0.25, 0.3) is 0 Å². The zero-order chi connectivity index (χ0) is 13.7. The van der Waals surface area contributed by atoms with E-state index < -0.39 is 0 Å². The Hall–Kier alpha value is -1.06. The van der Waals surface area contributed by atoms with Crippen molar-refractivity contribution in [2.45, 2.75) is 25.7 Å². The second-order valence-electron chi connectivity index (χ2n) is 5.16. The molecule has 4 heteroatoms. The number of methoxy groups -OCH3 is 1. The van der Waals surface area contributed by atoms with E-state index in [1.54, 1.807) is 7.11 Å². The third-order valence-corrected chi connectivity index (χ3v) is 4.22. The van der Waals surface area contributed by atoms with E-state index in [9.17, 15) is 4.79 Å². The van der Waals surface area contributed by atoms with Gasteiger partial charge < -0.3 is 10.1 Å². The topological polar surface area (TPSA) is 38.3 Å². The maximum absolute atomic E-state index is 12.2. The Balaban J connectivity index is 1.82. The number of hydrogen-bond acceptors (Lipinski definition) is 2. The van der Waals surface area contributed by atoms with Crippen LogP contribution in [0.3, 0.4) is 0 Å². The van der Waals surface area contributed by atoms with E-state index in [4.69, 9.17) is 16.3 Å². The summed E-state index contributed by atoms with van der Waals surface area (Å²) in [5, 5.41) is 3.76. The van der Waals surface area contributed by atoms with E-state index >= 15 is 0 Å². The van der Waals surface area contributed by atoms with Gasteiger partial charge in [0.15, 0.2) is 0 Å². The zero-order valence-corrected chi connectivity index (χ0v) is 12.0. The lowest BCUT2D eigenvalue weighted by molar-refractivity contribution is -0.140. The van der Waals surface area contributed by atoms with Gasteiger partial charge in [-0.1, -0.05) is 36.2 Å². The van der Waals surface area contributed by atoms with Crippen LogP contribution in [-0.4, -0.2) is 26.2 Å². The van der Waals surface area contributed by atoms with Crippen LogP contribution < -0.4 is 5.32 Å². The third-order valence-electron chi connectivity index (χ3n) is 3.85. The highest BCUT2D eigenvalue weighted by molar-refractivity contribution is 6.31. The molecule has 0 bridgehead atoms. The summed E-state index contributed by atoms with van der Waals surface area (Å²) in [6, 6.07) is 7.73. The molecule has 19 heavy (non-hydrogen) atoms. The summed E-state index contributed by atoms with van der Waals surface area (Å²) in [7, 11) is 1.65. The number of nitrogens with one attached hydrogen (secondary N) is 1. The molecule has 1 aromatic carbocycles. The molecule has 0 unspecified atom stereocenters. The average Bonchev–Trinajstić information content (AvgIpc) is 2.36. The summed E-state index contributed by atoms with van der Waals surface area (Å²) in [5.41, 5.74) is 0.786. The summed E-state index contributed by atoms with van der Waals surface area (Å²) < 4.78 is 5.17. The largest absolute Gasteiger partial charge is 0.384 e. The fourth-order valence-electron chi connectivity index (χ4n) is 2.52. The molecule has 0 heterocycles. The number of ether oxygens (including phenoxy) is 1. The van der Waals surface area contributed by atoms with Crippen LogP contribution in [-0.2, 0) is 16.0 Å². The van der Waals surface area contributed by atoms with Crippen molar-refractivity contribution in [2.75, 3.05) is 20.3 Å². The van der Waals surface area contributed by atoms with Crippen LogP contribution in [0, 0.1) is 5.41 Å². The van der Waals surface area contributed by atoms with Crippen LogP contribution in [0.4, 0.5) is 0 Å². The Morgan fingerprint density at radius 3 is 2.74 bits per heavy atom. The van der Waals surface area contributed by atoms with Crippen molar-refractivity contribution < 1.29 is 9.53 Å². The molecule has 1 aliphatic carbocycles. The fourth-order valence-corrected chi connectivity index (χ4v) is 2.75. The van der Waals surface area contributed by atoms with Gasteiger partial charge in [-0.2, -0.15) is 0 Å². The van der Waals surface area contributed by atoms with Gasteiger partial charge in [-0.3, -0.25) is 4.79 Å². The monoisotopic (exact) mass is 281 g/mol. The number of rotatable bonds is 6. The van der Waals surface area contributed by atoms with Gasteiger partial charge in [0.05, 0.1) is 12.0 Å². The predicted octanol–water partition coefficient (Wildman–Crippen LogP) is 2.82. The lowest BCUT2D eigenvalue weighted by Crippen LogP contribution is -2.49. The van der Waals surface area contributed by atoms with Crippen molar-refractivity contribution in [1.82, 2.24) is 5.32 Å². The first-order valence-electron chi connectivity index (χ1n) is 6.69. The van der Waals surface area contributed by atoms with E-state index in [1.165, 1.54) is 0 Å². The number of amides is 1. The van der Waals surface area contributed by atoms with Gasteiger partial charge in [0, 0.05) is 18.7 Å². The predicted molar refractivity (Wildman–Crippen MR) is 76.3 cm³/mol. The van der Waals surface area contributed by atoms with Gasteiger partial charge >= 0.3 is 0 Å². The van der Waals surface area contributed by atoms with Crippen molar-refractivity contribution in [1.29, 1.82) is 0 Å². The van der Waals surface area contributed by atoms with E-state index in [2.05, 4.69) is 5.32 Å². The number of carbonyl (C=O) groups is 1. The van der Waals surface area contributed by atoms with Crippen molar-refractivity contribution in [3.63, 3.8) is 0 Å². The number of carbonyl (C=O) groups excluding carboxylic acids is 1. The first kappa shape index (κ1) is 14.4. The lowest BCUT2D eigenvalue weighted by atomic mass is 9.68. The molecular formula is C15H20ClNO2. The second kappa shape index (κ2) is 6.40. The fraction of sp³-hybridized carbons (Fsp3) is 0.533. The normalized spacial score (nSPS) is 16.7. The van der Waals surface area contributed by atoms with Crippen LogP contribution in [0.2, 0.25) is 5.02 Å². The zero-order valence-electron chi connectivity index (χ0n) is 11.2. The molecule has 0 saturated heterocycles. The molecule has 1 fully saturated rings. The van der Waals surface area contributed by atoms with Crippen molar-refractivity contribution in [2.24, 2.45) is 5.41 Å². The molecular weight excluding hydrogens is 262 g/mol. The maximum atomic E-state index is 12.2. The number of halogens is 1. The number of benzene rings is 1. The minimum absolute atomic E-state index is 0.118. The van der Waals surface area contributed by atoms with Gasteiger partial charge in [-0.15, -0.1) is 0 Å². The first-order valence-corrected chi connectivity index (χ1v) is 7.06. The summed E-state index contributed by atoms with van der Waals surface area (Å²) in [6.07, 6.45) is 3.73. The minimum atomic E-state index is -0.283. The van der Waals surface area contributed by atoms with Crippen LogP contribution in [0.15, 0.2) is 24.3 Å². The molecule has 1 N–H and O–H groups in total. The average molecular weight is 282 g/mol. The summed E-state index contributed by atoms with van der Waals surface area (Å²) >= 11 is 6.08. The van der Waals surface area contributed by atoms with E-state index in [1.807, 2.05) is 24.3 Å². The highest BCUT2D eigenvalue weighted by Gasteiger charge is 2.43. The lowest BCUT2D eigenvalue weighted by Gasteiger charge is -2.39. The molecule has 0 radical (unpaired) electrons. The second-order valence-corrected chi connectivity index (χ2v) is 5.57. The maximum Gasteiger partial charge on any atom is 0.228 e. The SMILES string of the molecule is COCC1(C(=O)NCCc2ccccc2Cl)CCC1. The molecule has 1 aliphatic rings. The Morgan fingerprint density at radius 1 is 1.42 bits per heavy atom. The van der Waals surface area contributed by atoms with Gasteiger partial charge in [0.2, 0.25) is 5.91 Å². The molecule has 104 valence electrons. The van der Waals surface area contributed by atoms with Crippen LogP contribution in [0.1, 0.15) is 24.8 Å². The smallest absolute Gasteiger partial charge is 0.228 e. The van der Waals surface area contributed by atoms with Gasteiger partial charge in [-0.05, 0) is 30.9 Å². The van der Waals surface area contributed by atoms with Crippen molar-refractivity contribution >= 4 is 17.5 Å². The molecule has 0 aromatic heterocycles. The summed E-state index contributed by atoms with van der Waals surface area (Å²) in [5.74, 6) is 0.118. The Bertz CT molecular complexity index is 444. The van der Waals surface area contributed by atoms with Crippen molar-refractivity contribution in [3.8, 4) is 0 Å². The highest BCUT2D eigenvalue weighted by atomic mass is 35.5. The number of hydrogen-bond donors (Lipinski definition) is 1. The summed E-state index contributed by atoms with van der Waals surface area (Å²) in [6.45, 7) is 1.14. The molecule has 0 spiro atoms. The van der Waals surface area contributed by atoms with E-state index in [0.29, 0.717) is 13.2 Å². The van der Waals surface area contributed by atoms with Gasteiger partial charge in [-0.25, -0.2) is 0 Å². The molecule has 2 rings (SSSR count). The van der Waals surface area contributed by atoms with E-state index in [-0.39, 0.29) is 11.3 Å².